The summed E-state index contributed by atoms with van der Waals surface area (Å²) in [5.41, 5.74) is 5.55. The van der Waals surface area contributed by atoms with Crippen LogP contribution in [0.1, 0.15) is 54.4 Å². The van der Waals surface area contributed by atoms with Gasteiger partial charge in [-0.05, 0) is 48.6 Å². The normalized spacial score (nSPS) is 21.1. The molecular weight excluding hydrogens is 423 g/mol. The minimum atomic E-state index is -0.224. The van der Waals surface area contributed by atoms with Gasteiger partial charge in [0.05, 0.1) is 13.1 Å². The van der Waals surface area contributed by atoms with Crippen LogP contribution in [0.25, 0.3) is 0 Å². The number of anilines is 1. The molecule has 1 atom stereocenters. The molecule has 1 amide bonds. The SMILES string of the molecule is CCC(C(=O)Nc1c(C)cccc1C)[N+]1(Cc2ccc(F)cc2)CCC(c2ccccc2)CC1. The summed E-state index contributed by atoms with van der Waals surface area (Å²) in [5, 5.41) is 3.27. The first-order valence-electron chi connectivity index (χ1n) is 12.4. The number of amides is 1. The molecule has 178 valence electrons. The molecule has 1 N–H and O–H groups in total. The van der Waals surface area contributed by atoms with Crippen molar-refractivity contribution in [1.29, 1.82) is 0 Å². The van der Waals surface area contributed by atoms with Crippen LogP contribution in [-0.2, 0) is 11.3 Å². The van der Waals surface area contributed by atoms with Crippen molar-refractivity contribution in [3.05, 3.63) is 101 Å². The average Bonchev–Trinajstić information content (AvgIpc) is 2.84. The zero-order chi connectivity index (χ0) is 24.1. The van der Waals surface area contributed by atoms with E-state index in [9.17, 15) is 9.18 Å². The molecule has 3 aromatic carbocycles. The predicted molar refractivity (Wildman–Crippen MR) is 137 cm³/mol. The highest BCUT2D eigenvalue weighted by Crippen LogP contribution is 2.36. The monoisotopic (exact) mass is 459 g/mol. The largest absolute Gasteiger partial charge is 0.320 e. The Morgan fingerprint density at radius 3 is 2.15 bits per heavy atom. The Labute approximate surface area is 203 Å². The number of hydrogen-bond donors (Lipinski definition) is 1. The molecule has 1 aliphatic heterocycles. The van der Waals surface area contributed by atoms with Crippen LogP contribution in [0.4, 0.5) is 10.1 Å². The summed E-state index contributed by atoms with van der Waals surface area (Å²) in [6, 6.07) is 23.4. The second-order valence-corrected chi connectivity index (χ2v) is 9.82. The first kappa shape index (κ1) is 24.2. The number of carbonyl (C=O) groups is 1. The highest BCUT2D eigenvalue weighted by atomic mass is 19.1. The van der Waals surface area contributed by atoms with Gasteiger partial charge in [0.25, 0.3) is 5.91 Å². The number of likely N-dealkylation sites (tertiary alicyclic amines) is 1. The van der Waals surface area contributed by atoms with Crippen molar-refractivity contribution in [3.8, 4) is 0 Å². The summed E-state index contributed by atoms with van der Waals surface area (Å²) in [5.74, 6) is 0.373. The van der Waals surface area contributed by atoms with Gasteiger partial charge in [-0.15, -0.1) is 0 Å². The average molecular weight is 460 g/mol. The van der Waals surface area contributed by atoms with Crippen molar-refractivity contribution in [3.63, 3.8) is 0 Å². The van der Waals surface area contributed by atoms with Crippen molar-refractivity contribution < 1.29 is 13.7 Å². The Morgan fingerprint density at radius 2 is 1.56 bits per heavy atom. The van der Waals surface area contributed by atoms with E-state index in [1.165, 1.54) is 17.7 Å². The standard InChI is InChI=1S/C30H35FN2O/c1-4-28(30(34)32-29-22(2)9-8-10-23(29)3)33(21-24-13-15-27(31)16-14-24)19-17-26(18-20-33)25-11-6-5-7-12-25/h5-16,26,28H,4,17-21H2,1-3H3/p+1. The number of hydrogen-bond acceptors (Lipinski definition) is 1. The van der Waals surface area contributed by atoms with E-state index in [4.69, 9.17) is 0 Å². The lowest BCUT2D eigenvalue weighted by atomic mass is 9.86. The van der Waals surface area contributed by atoms with E-state index in [-0.39, 0.29) is 17.8 Å². The van der Waals surface area contributed by atoms with Crippen molar-refractivity contribution in [2.24, 2.45) is 0 Å². The molecule has 0 bridgehead atoms. The van der Waals surface area contributed by atoms with Gasteiger partial charge >= 0.3 is 0 Å². The highest BCUT2D eigenvalue weighted by Gasteiger charge is 2.44. The first-order valence-corrected chi connectivity index (χ1v) is 12.4. The van der Waals surface area contributed by atoms with Gasteiger partial charge in [-0.3, -0.25) is 4.79 Å². The van der Waals surface area contributed by atoms with Crippen LogP contribution in [0.5, 0.6) is 0 Å². The molecule has 1 heterocycles. The van der Waals surface area contributed by atoms with Gasteiger partial charge in [0.2, 0.25) is 0 Å². The third-order valence-corrected chi connectivity index (χ3v) is 7.61. The number of piperidine rings is 1. The molecule has 1 saturated heterocycles. The molecule has 1 aliphatic rings. The topological polar surface area (TPSA) is 29.1 Å². The summed E-state index contributed by atoms with van der Waals surface area (Å²) in [4.78, 5) is 13.8. The smallest absolute Gasteiger partial charge is 0.282 e. The minimum Gasteiger partial charge on any atom is -0.320 e. The number of nitrogens with one attached hydrogen (secondary N) is 1. The predicted octanol–water partition coefficient (Wildman–Crippen LogP) is 6.75. The lowest BCUT2D eigenvalue weighted by Gasteiger charge is -2.48. The van der Waals surface area contributed by atoms with E-state index >= 15 is 0 Å². The number of carbonyl (C=O) groups excluding carboxylic acids is 1. The molecule has 0 spiro atoms. The van der Waals surface area contributed by atoms with Crippen LogP contribution in [0.3, 0.4) is 0 Å². The Morgan fingerprint density at radius 1 is 0.941 bits per heavy atom. The molecule has 0 saturated carbocycles. The number of halogens is 1. The number of benzene rings is 3. The lowest BCUT2D eigenvalue weighted by molar-refractivity contribution is -0.959. The number of quaternary nitrogens is 1. The fraction of sp³-hybridized carbons (Fsp3) is 0.367. The van der Waals surface area contributed by atoms with E-state index < -0.39 is 0 Å². The molecule has 1 unspecified atom stereocenters. The molecule has 1 fully saturated rings. The Hall–Kier alpha value is -2.98. The van der Waals surface area contributed by atoms with Crippen LogP contribution in [0, 0.1) is 19.7 Å². The zero-order valence-corrected chi connectivity index (χ0v) is 20.6. The number of nitrogens with zero attached hydrogens (tertiary/aromatic N) is 1. The zero-order valence-electron chi connectivity index (χ0n) is 20.6. The Balaban J connectivity index is 1.62. The minimum absolute atomic E-state index is 0.0835. The maximum absolute atomic E-state index is 13.8. The lowest BCUT2D eigenvalue weighted by Crippen LogP contribution is -2.62. The van der Waals surface area contributed by atoms with E-state index in [0.717, 1.165) is 61.3 Å². The molecule has 4 rings (SSSR count). The van der Waals surface area contributed by atoms with Gasteiger partial charge in [0.15, 0.2) is 6.04 Å². The second-order valence-electron chi connectivity index (χ2n) is 9.82. The van der Waals surface area contributed by atoms with Crippen LogP contribution in [-0.4, -0.2) is 29.5 Å². The molecule has 0 radical (unpaired) electrons. The maximum Gasteiger partial charge on any atom is 0.282 e. The number of rotatable bonds is 7. The summed E-state index contributed by atoms with van der Waals surface area (Å²) < 4.78 is 14.3. The summed E-state index contributed by atoms with van der Waals surface area (Å²) in [6.45, 7) is 8.78. The van der Waals surface area contributed by atoms with Crippen LogP contribution in [0.2, 0.25) is 0 Å². The second kappa shape index (κ2) is 10.5. The van der Waals surface area contributed by atoms with E-state index in [1.807, 2.05) is 44.2 Å². The van der Waals surface area contributed by atoms with Crippen LogP contribution >= 0.6 is 0 Å². The fourth-order valence-corrected chi connectivity index (χ4v) is 5.71. The van der Waals surface area contributed by atoms with Crippen LogP contribution in [0.15, 0.2) is 72.8 Å². The molecule has 3 nitrogen and oxygen atoms in total. The van der Waals surface area contributed by atoms with Gasteiger partial charge in [0, 0.05) is 30.5 Å². The van der Waals surface area contributed by atoms with Crippen molar-refractivity contribution in [2.75, 3.05) is 18.4 Å². The van der Waals surface area contributed by atoms with E-state index in [1.54, 1.807) is 0 Å². The molecule has 4 heteroatoms. The van der Waals surface area contributed by atoms with E-state index in [2.05, 4.69) is 42.6 Å². The van der Waals surface area contributed by atoms with Crippen molar-refractivity contribution in [2.45, 2.75) is 58.5 Å². The van der Waals surface area contributed by atoms with Gasteiger partial charge in [-0.1, -0.05) is 67.6 Å². The fourth-order valence-electron chi connectivity index (χ4n) is 5.71. The molecule has 3 aromatic rings. The van der Waals surface area contributed by atoms with Crippen LogP contribution < -0.4 is 5.32 Å². The Kier molecular flexibility index (Phi) is 7.47. The van der Waals surface area contributed by atoms with Gasteiger partial charge in [0.1, 0.15) is 12.4 Å². The molecular formula is C30H36FN2O+. The molecule has 0 aromatic heterocycles. The molecule has 34 heavy (non-hydrogen) atoms. The Bertz CT molecular complexity index is 1080. The molecule has 0 aliphatic carbocycles. The quantitative estimate of drug-likeness (QED) is 0.389. The summed E-state index contributed by atoms with van der Waals surface area (Å²) in [7, 11) is 0. The van der Waals surface area contributed by atoms with Gasteiger partial charge < -0.3 is 9.80 Å². The van der Waals surface area contributed by atoms with Gasteiger partial charge in [-0.25, -0.2) is 4.39 Å². The summed E-state index contributed by atoms with van der Waals surface area (Å²) >= 11 is 0. The van der Waals surface area contributed by atoms with Crippen molar-refractivity contribution >= 4 is 11.6 Å². The third-order valence-electron chi connectivity index (χ3n) is 7.61. The summed E-state index contributed by atoms with van der Waals surface area (Å²) in [6.07, 6.45) is 2.84. The van der Waals surface area contributed by atoms with Gasteiger partial charge in [-0.2, -0.15) is 0 Å². The number of para-hydroxylation sites is 1. The van der Waals surface area contributed by atoms with E-state index in [0.29, 0.717) is 10.4 Å². The maximum atomic E-state index is 13.8. The first-order chi connectivity index (χ1) is 16.4. The van der Waals surface area contributed by atoms with Crippen molar-refractivity contribution in [1.82, 2.24) is 0 Å². The highest BCUT2D eigenvalue weighted by molar-refractivity contribution is 5.95. The third kappa shape index (κ3) is 5.23. The number of aryl methyl sites for hydroxylation is 2.